The molecule has 2 aromatic rings. The molecule has 0 spiro atoms. The maximum atomic E-state index is 14.4. The lowest BCUT2D eigenvalue weighted by Crippen LogP contribution is -2.46. The summed E-state index contributed by atoms with van der Waals surface area (Å²) in [5.41, 5.74) is -0.364. The van der Waals surface area contributed by atoms with Gasteiger partial charge in [-0.05, 0) is 19.9 Å². The highest BCUT2D eigenvalue weighted by molar-refractivity contribution is 6.23. The zero-order valence-corrected chi connectivity index (χ0v) is 34.4. The van der Waals surface area contributed by atoms with Gasteiger partial charge in [-0.1, -0.05) is 45.9 Å². The molecule has 4 heterocycles. The number of esters is 1. The average molecular weight is 809 g/mol. The fourth-order valence-corrected chi connectivity index (χ4v) is 7.78. The molecule has 1 amide bonds. The van der Waals surface area contributed by atoms with Gasteiger partial charge in [0.25, 0.3) is 11.7 Å². The Bertz CT molecular complexity index is 2040. The Balaban J connectivity index is 1.71. The molecule has 16 nitrogen and oxygen atoms in total. The van der Waals surface area contributed by atoms with E-state index in [1.165, 1.54) is 59.4 Å². The quantitative estimate of drug-likeness (QED) is 0.100. The van der Waals surface area contributed by atoms with Crippen LogP contribution in [0.25, 0.3) is 10.8 Å². The van der Waals surface area contributed by atoms with Crippen molar-refractivity contribution in [3.05, 3.63) is 52.8 Å². The number of hydrazone groups is 1. The van der Waals surface area contributed by atoms with Crippen molar-refractivity contribution < 1.29 is 58.9 Å². The molecular formula is C42H56N4O12. The molecule has 58 heavy (non-hydrogen) atoms. The van der Waals surface area contributed by atoms with E-state index in [1.807, 2.05) is 0 Å². The molecule has 16 heteroatoms. The number of nitrogens with zero attached hydrogens (tertiary/aromatic N) is 2. The van der Waals surface area contributed by atoms with Crippen LogP contribution in [0.3, 0.4) is 0 Å². The summed E-state index contributed by atoms with van der Waals surface area (Å²) in [5, 5.41) is 69.8. The van der Waals surface area contributed by atoms with Gasteiger partial charge in [0.05, 0.1) is 53.0 Å². The first-order valence-electron chi connectivity index (χ1n) is 19.4. The van der Waals surface area contributed by atoms with Crippen molar-refractivity contribution in [2.75, 3.05) is 38.6 Å². The summed E-state index contributed by atoms with van der Waals surface area (Å²) in [6.45, 7) is 14.9. The SMILES string of the molecule is CO[C@H]1/C=C/O[C@@]2(C)Oc3c(C)c(O)c4c(O)c(c(/C=N/N5CCNCC5)c(O)c4c3C2=O)NC(=O)/C(C)=C\C=C\[C@H](C)[C@H](O)[C@@H](C)[C@@H](O)[C@@H](C)C(OC(C)=O)[C@@H]1C. The summed E-state index contributed by atoms with van der Waals surface area (Å²) >= 11 is 0. The van der Waals surface area contributed by atoms with Gasteiger partial charge in [-0.2, -0.15) is 5.10 Å². The maximum Gasteiger partial charge on any atom is 0.312 e. The van der Waals surface area contributed by atoms with Crippen molar-refractivity contribution in [2.24, 2.45) is 28.8 Å². The van der Waals surface area contributed by atoms with E-state index < -0.39 is 88.8 Å². The zero-order chi connectivity index (χ0) is 42.8. The second-order valence-corrected chi connectivity index (χ2v) is 15.6. The largest absolute Gasteiger partial charge is 0.507 e. The number of benzene rings is 2. The zero-order valence-electron chi connectivity index (χ0n) is 34.4. The summed E-state index contributed by atoms with van der Waals surface area (Å²) in [6.07, 6.45) is 4.83. The molecule has 1 fully saturated rings. The molecule has 316 valence electrons. The highest BCUT2D eigenvalue weighted by Gasteiger charge is 2.50. The number of amides is 1. The van der Waals surface area contributed by atoms with E-state index in [4.69, 9.17) is 18.9 Å². The van der Waals surface area contributed by atoms with Crippen LogP contribution in [0.4, 0.5) is 5.69 Å². The number of anilines is 1. The number of phenolic OH excluding ortho intramolecular Hbond substituents is 3. The monoisotopic (exact) mass is 808 g/mol. The number of hydrogen-bond donors (Lipinski definition) is 7. The Kier molecular flexibility index (Phi) is 13.5. The molecule has 0 radical (unpaired) electrons. The minimum atomic E-state index is -2.04. The number of aliphatic hydroxyl groups is 2. The molecular weight excluding hydrogens is 752 g/mol. The van der Waals surface area contributed by atoms with Crippen LogP contribution in [0.5, 0.6) is 23.0 Å². The number of fused-ring (bicyclic) bond motifs is 14. The number of ether oxygens (including phenoxy) is 4. The molecule has 0 saturated carbocycles. The third kappa shape index (κ3) is 8.51. The molecule has 9 atom stereocenters. The van der Waals surface area contributed by atoms with Gasteiger partial charge in [0, 0.05) is 87.3 Å². The second kappa shape index (κ2) is 17.8. The molecule has 5 bridgehead atoms. The predicted molar refractivity (Wildman–Crippen MR) is 216 cm³/mol. The first-order valence-corrected chi connectivity index (χ1v) is 19.4. The van der Waals surface area contributed by atoms with E-state index in [0.29, 0.717) is 26.2 Å². The normalized spacial score (nSPS) is 32.1. The minimum absolute atomic E-state index is 0.0544. The van der Waals surface area contributed by atoms with Gasteiger partial charge in [0.1, 0.15) is 23.4 Å². The number of ketones is 1. The predicted octanol–water partition coefficient (Wildman–Crippen LogP) is 3.99. The van der Waals surface area contributed by atoms with E-state index in [0.717, 1.165) is 0 Å². The van der Waals surface area contributed by atoms with Crippen molar-refractivity contribution in [2.45, 2.75) is 85.6 Å². The van der Waals surface area contributed by atoms with Gasteiger partial charge in [0.15, 0.2) is 5.75 Å². The Labute approximate surface area is 337 Å². The number of carbonyl (C=O) groups is 3. The number of hydrogen-bond acceptors (Lipinski definition) is 15. The number of methoxy groups -OCH3 is 1. The molecule has 2 aromatic carbocycles. The molecule has 4 aliphatic heterocycles. The van der Waals surface area contributed by atoms with Crippen molar-refractivity contribution in [3.8, 4) is 23.0 Å². The Morgan fingerprint density at radius 2 is 1.64 bits per heavy atom. The van der Waals surface area contributed by atoms with Crippen LogP contribution in [0.1, 0.15) is 70.0 Å². The third-order valence-corrected chi connectivity index (χ3v) is 11.5. The van der Waals surface area contributed by atoms with Crippen molar-refractivity contribution in [1.82, 2.24) is 10.3 Å². The molecule has 7 N–H and O–H groups in total. The smallest absolute Gasteiger partial charge is 0.312 e. The van der Waals surface area contributed by atoms with Crippen LogP contribution in [0.2, 0.25) is 0 Å². The fraction of sp³-hybridized carbons (Fsp3) is 0.524. The molecule has 1 saturated heterocycles. The lowest BCUT2D eigenvalue weighted by atomic mass is 9.78. The number of aromatic hydroxyl groups is 3. The topological polar surface area (TPSA) is 229 Å². The Hall–Kier alpha value is -5.16. The molecule has 0 aliphatic carbocycles. The summed E-state index contributed by atoms with van der Waals surface area (Å²) in [7, 11) is 1.44. The van der Waals surface area contributed by atoms with E-state index in [2.05, 4.69) is 15.7 Å². The van der Waals surface area contributed by atoms with Crippen LogP contribution in [0, 0.1) is 30.6 Å². The van der Waals surface area contributed by atoms with Crippen LogP contribution in [0.15, 0.2) is 41.2 Å². The number of carbonyl (C=O) groups excluding carboxylic acids is 3. The third-order valence-electron chi connectivity index (χ3n) is 11.5. The van der Waals surface area contributed by atoms with Crippen LogP contribution in [-0.4, -0.2) is 118 Å². The Morgan fingerprint density at radius 3 is 2.28 bits per heavy atom. The van der Waals surface area contributed by atoms with Crippen LogP contribution < -0.4 is 15.4 Å². The van der Waals surface area contributed by atoms with E-state index in [9.17, 15) is 39.9 Å². The molecule has 1 unspecified atom stereocenters. The lowest BCUT2D eigenvalue weighted by Gasteiger charge is -2.38. The summed E-state index contributed by atoms with van der Waals surface area (Å²) in [6, 6.07) is 0. The fourth-order valence-electron chi connectivity index (χ4n) is 7.78. The number of allylic oxidation sites excluding steroid dienone is 2. The standard InChI is InChI=1S/C42H56N4O12/c1-20-11-10-12-21(2)41(54)45-32-27(19-44-46-16-14-43-15-17-46)36(51)29-30(37(32)52)35(50)25(6)39-31(29)40(53)42(8,58-39)56-18-13-28(55-9)22(3)38(57-26(7)47)24(5)34(49)23(4)33(20)48/h10-13,18-20,22-24,28,33-34,38,43,48-52H,14-17H2,1-9H3,(H,45,54)/b11-10+,18-13+,21-12-,44-19+/t20-,22+,23+,24+,28-,33-,34+,38?,42-/m0/s1. The highest BCUT2D eigenvalue weighted by atomic mass is 16.7. The van der Waals surface area contributed by atoms with Crippen molar-refractivity contribution in [3.63, 3.8) is 0 Å². The number of aliphatic hydroxyl groups excluding tert-OH is 2. The molecule has 0 aromatic heterocycles. The van der Waals surface area contributed by atoms with Gasteiger partial charge < -0.3 is 55.1 Å². The van der Waals surface area contributed by atoms with E-state index in [1.54, 1.807) is 44.9 Å². The second-order valence-electron chi connectivity index (χ2n) is 15.6. The number of phenols is 3. The number of rotatable bonds is 4. The first kappa shape index (κ1) is 44.0. The van der Waals surface area contributed by atoms with Crippen molar-refractivity contribution >= 4 is 40.3 Å². The summed E-state index contributed by atoms with van der Waals surface area (Å²) in [5.74, 6) is -8.36. The van der Waals surface area contributed by atoms with Gasteiger partial charge in [-0.3, -0.25) is 19.4 Å². The number of Topliss-reactive ketones (excluding diaryl/α,β-unsaturated/α-hetero) is 1. The maximum absolute atomic E-state index is 14.4. The van der Waals surface area contributed by atoms with Gasteiger partial charge in [0.2, 0.25) is 0 Å². The molecule has 6 rings (SSSR count). The first-order chi connectivity index (χ1) is 27.3. The molecule has 4 aliphatic rings. The van der Waals surface area contributed by atoms with Crippen molar-refractivity contribution in [1.29, 1.82) is 0 Å². The van der Waals surface area contributed by atoms with Gasteiger partial charge >= 0.3 is 11.8 Å². The minimum Gasteiger partial charge on any atom is -0.507 e. The summed E-state index contributed by atoms with van der Waals surface area (Å²) < 4.78 is 23.6. The summed E-state index contributed by atoms with van der Waals surface area (Å²) in [4.78, 5) is 40.4. The number of piperazine rings is 1. The van der Waals surface area contributed by atoms with E-state index >= 15 is 0 Å². The van der Waals surface area contributed by atoms with Crippen LogP contribution in [-0.2, 0) is 23.8 Å². The number of nitrogens with one attached hydrogen (secondary N) is 2. The highest BCUT2D eigenvalue weighted by Crippen LogP contribution is 2.55. The van der Waals surface area contributed by atoms with Gasteiger partial charge in [-0.15, -0.1) is 0 Å². The Morgan fingerprint density at radius 1 is 0.966 bits per heavy atom. The average Bonchev–Trinajstić information content (AvgIpc) is 3.46. The van der Waals surface area contributed by atoms with Gasteiger partial charge in [-0.25, -0.2) is 0 Å². The van der Waals surface area contributed by atoms with E-state index in [-0.39, 0.29) is 44.5 Å². The van der Waals surface area contributed by atoms with Crippen LogP contribution >= 0.6 is 0 Å². The lowest BCUT2D eigenvalue weighted by molar-refractivity contribution is -0.160.